The molecule has 0 bridgehead atoms. The SMILES string of the molecule is COC(=O)Cc1ccc(-c2cccc(C=O)c2O)cc1. The molecule has 0 spiro atoms. The van der Waals surface area contributed by atoms with Crippen molar-refractivity contribution in [1.29, 1.82) is 0 Å². The molecule has 2 aromatic rings. The first-order valence-electron chi connectivity index (χ1n) is 6.09. The number of phenols is 1. The molecule has 0 atom stereocenters. The molecule has 0 radical (unpaired) electrons. The summed E-state index contributed by atoms with van der Waals surface area (Å²) in [7, 11) is 1.35. The van der Waals surface area contributed by atoms with Gasteiger partial charge in [0.1, 0.15) is 5.75 Å². The number of hydrogen-bond donors (Lipinski definition) is 1. The third-order valence-electron chi connectivity index (χ3n) is 3.04. The largest absolute Gasteiger partial charge is 0.507 e. The van der Waals surface area contributed by atoms with Gasteiger partial charge in [0, 0.05) is 5.56 Å². The quantitative estimate of drug-likeness (QED) is 0.685. The van der Waals surface area contributed by atoms with Crippen LogP contribution in [0.3, 0.4) is 0 Å². The van der Waals surface area contributed by atoms with Crippen molar-refractivity contribution in [2.45, 2.75) is 6.42 Å². The summed E-state index contributed by atoms with van der Waals surface area (Å²) >= 11 is 0. The maximum absolute atomic E-state index is 11.2. The molecular weight excluding hydrogens is 256 g/mol. The molecule has 0 fully saturated rings. The molecule has 0 aliphatic carbocycles. The van der Waals surface area contributed by atoms with Crippen molar-refractivity contribution in [1.82, 2.24) is 0 Å². The molecule has 4 heteroatoms. The second kappa shape index (κ2) is 6.02. The fraction of sp³-hybridized carbons (Fsp3) is 0.125. The Balaban J connectivity index is 2.30. The van der Waals surface area contributed by atoms with Gasteiger partial charge in [-0.2, -0.15) is 0 Å². The zero-order valence-electron chi connectivity index (χ0n) is 11.0. The molecule has 0 aliphatic rings. The van der Waals surface area contributed by atoms with Crippen molar-refractivity contribution >= 4 is 12.3 Å². The first-order valence-corrected chi connectivity index (χ1v) is 6.09. The Hall–Kier alpha value is -2.62. The Bertz CT molecular complexity index is 629. The summed E-state index contributed by atoms with van der Waals surface area (Å²) in [6, 6.07) is 12.2. The van der Waals surface area contributed by atoms with E-state index in [2.05, 4.69) is 4.74 Å². The van der Waals surface area contributed by atoms with Gasteiger partial charge >= 0.3 is 5.97 Å². The number of aromatic hydroxyl groups is 1. The van der Waals surface area contributed by atoms with Crippen molar-refractivity contribution in [3.05, 3.63) is 53.6 Å². The number of ether oxygens (including phenoxy) is 1. The second-order valence-electron chi connectivity index (χ2n) is 4.31. The monoisotopic (exact) mass is 270 g/mol. The lowest BCUT2D eigenvalue weighted by atomic mass is 10.00. The van der Waals surface area contributed by atoms with Crippen molar-refractivity contribution in [3.8, 4) is 16.9 Å². The van der Waals surface area contributed by atoms with E-state index in [4.69, 9.17) is 0 Å². The number of carbonyl (C=O) groups excluding carboxylic acids is 2. The number of aldehydes is 1. The molecule has 2 aromatic carbocycles. The van der Waals surface area contributed by atoms with Gasteiger partial charge in [0.15, 0.2) is 6.29 Å². The molecule has 1 N–H and O–H groups in total. The highest BCUT2D eigenvalue weighted by Gasteiger charge is 2.09. The Morgan fingerprint density at radius 2 is 1.90 bits per heavy atom. The summed E-state index contributed by atoms with van der Waals surface area (Å²) in [6.07, 6.45) is 0.821. The predicted molar refractivity (Wildman–Crippen MR) is 74.7 cm³/mol. The van der Waals surface area contributed by atoms with E-state index in [-0.39, 0.29) is 23.7 Å². The van der Waals surface area contributed by atoms with E-state index in [0.29, 0.717) is 11.8 Å². The van der Waals surface area contributed by atoms with Crippen LogP contribution in [0.25, 0.3) is 11.1 Å². The molecule has 0 aliphatic heterocycles. The third kappa shape index (κ3) is 2.85. The molecule has 4 nitrogen and oxygen atoms in total. The van der Waals surface area contributed by atoms with Crippen LogP contribution < -0.4 is 0 Å². The topological polar surface area (TPSA) is 63.6 Å². The van der Waals surface area contributed by atoms with Crippen molar-refractivity contribution in [2.24, 2.45) is 0 Å². The number of esters is 1. The van der Waals surface area contributed by atoms with Gasteiger partial charge in [-0.15, -0.1) is 0 Å². The summed E-state index contributed by atoms with van der Waals surface area (Å²) in [5, 5.41) is 9.99. The van der Waals surface area contributed by atoms with Crippen LogP contribution in [-0.2, 0) is 16.0 Å². The fourth-order valence-corrected chi connectivity index (χ4v) is 1.93. The zero-order valence-corrected chi connectivity index (χ0v) is 11.0. The molecule has 102 valence electrons. The number of carbonyl (C=O) groups is 2. The van der Waals surface area contributed by atoms with E-state index < -0.39 is 0 Å². The summed E-state index contributed by atoms with van der Waals surface area (Å²) in [4.78, 5) is 22.0. The summed E-state index contributed by atoms with van der Waals surface area (Å²) in [5.41, 5.74) is 2.44. The van der Waals surface area contributed by atoms with Crippen LogP contribution >= 0.6 is 0 Å². The van der Waals surface area contributed by atoms with Crippen LogP contribution in [-0.4, -0.2) is 24.5 Å². The highest BCUT2D eigenvalue weighted by molar-refractivity contribution is 5.85. The third-order valence-corrected chi connectivity index (χ3v) is 3.04. The second-order valence-corrected chi connectivity index (χ2v) is 4.31. The van der Waals surface area contributed by atoms with Gasteiger partial charge in [-0.05, 0) is 17.2 Å². The normalized spacial score (nSPS) is 10.1. The summed E-state index contributed by atoms with van der Waals surface area (Å²) < 4.78 is 4.60. The van der Waals surface area contributed by atoms with E-state index in [1.807, 2.05) is 0 Å². The van der Waals surface area contributed by atoms with Crippen molar-refractivity contribution < 1.29 is 19.4 Å². The lowest BCUT2D eigenvalue weighted by Crippen LogP contribution is -2.04. The molecule has 0 saturated carbocycles. The number of phenolic OH excluding ortho intramolecular Hbond substituents is 1. The smallest absolute Gasteiger partial charge is 0.309 e. The minimum Gasteiger partial charge on any atom is -0.507 e. The van der Waals surface area contributed by atoms with Crippen LogP contribution in [0.5, 0.6) is 5.75 Å². The fourth-order valence-electron chi connectivity index (χ4n) is 1.93. The van der Waals surface area contributed by atoms with E-state index in [0.717, 1.165) is 11.1 Å². The predicted octanol–water partition coefficient (Wildman–Crippen LogP) is 2.59. The first-order chi connectivity index (χ1) is 9.65. The maximum atomic E-state index is 11.2. The number of para-hydroxylation sites is 1. The maximum Gasteiger partial charge on any atom is 0.309 e. The lowest BCUT2D eigenvalue weighted by Gasteiger charge is -2.07. The van der Waals surface area contributed by atoms with Gasteiger partial charge in [0.2, 0.25) is 0 Å². The number of methoxy groups -OCH3 is 1. The Morgan fingerprint density at radius 1 is 1.20 bits per heavy atom. The Morgan fingerprint density at radius 3 is 2.50 bits per heavy atom. The Labute approximate surface area is 116 Å². The molecule has 0 amide bonds. The van der Waals surface area contributed by atoms with Gasteiger partial charge in [0.25, 0.3) is 0 Å². The van der Waals surface area contributed by atoms with Crippen LogP contribution in [0.2, 0.25) is 0 Å². The molecule has 0 unspecified atom stereocenters. The minimum atomic E-state index is -0.302. The molecule has 0 saturated heterocycles. The van der Waals surface area contributed by atoms with Gasteiger partial charge in [-0.1, -0.05) is 36.4 Å². The van der Waals surface area contributed by atoms with Crippen LogP contribution in [0.15, 0.2) is 42.5 Å². The minimum absolute atomic E-state index is 0.0387. The van der Waals surface area contributed by atoms with Gasteiger partial charge in [0.05, 0.1) is 19.1 Å². The summed E-state index contributed by atoms with van der Waals surface area (Å²) in [5.74, 6) is -0.341. The van der Waals surface area contributed by atoms with Gasteiger partial charge < -0.3 is 9.84 Å². The van der Waals surface area contributed by atoms with Crippen LogP contribution in [0, 0.1) is 0 Å². The van der Waals surface area contributed by atoms with Crippen LogP contribution in [0.1, 0.15) is 15.9 Å². The highest BCUT2D eigenvalue weighted by atomic mass is 16.5. The van der Waals surface area contributed by atoms with E-state index in [1.54, 1.807) is 42.5 Å². The van der Waals surface area contributed by atoms with Gasteiger partial charge in [-0.3, -0.25) is 9.59 Å². The Kier molecular flexibility index (Phi) is 4.15. The molecule has 2 rings (SSSR count). The number of benzene rings is 2. The zero-order chi connectivity index (χ0) is 14.5. The van der Waals surface area contributed by atoms with E-state index in [9.17, 15) is 14.7 Å². The van der Waals surface area contributed by atoms with Crippen molar-refractivity contribution in [3.63, 3.8) is 0 Å². The first kappa shape index (κ1) is 13.8. The number of hydrogen-bond acceptors (Lipinski definition) is 4. The molecular formula is C16H14O4. The van der Waals surface area contributed by atoms with E-state index >= 15 is 0 Å². The van der Waals surface area contributed by atoms with Crippen molar-refractivity contribution in [2.75, 3.05) is 7.11 Å². The highest BCUT2D eigenvalue weighted by Crippen LogP contribution is 2.31. The lowest BCUT2D eigenvalue weighted by molar-refractivity contribution is -0.139. The van der Waals surface area contributed by atoms with E-state index in [1.165, 1.54) is 7.11 Å². The van der Waals surface area contributed by atoms with Crippen LogP contribution in [0.4, 0.5) is 0 Å². The number of rotatable bonds is 4. The summed E-state index contributed by atoms with van der Waals surface area (Å²) in [6.45, 7) is 0. The van der Waals surface area contributed by atoms with Gasteiger partial charge in [-0.25, -0.2) is 0 Å². The average molecular weight is 270 g/mol. The average Bonchev–Trinajstić information content (AvgIpc) is 2.48. The molecule has 0 heterocycles. The molecule has 0 aromatic heterocycles. The standard InChI is InChI=1S/C16H14O4/c1-20-15(18)9-11-5-7-12(8-6-11)14-4-2-3-13(10-17)16(14)19/h2-8,10,19H,9H2,1H3. The molecule has 20 heavy (non-hydrogen) atoms.